The maximum atomic E-state index is 14.2. The van der Waals surface area contributed by atoms with E-state index in [9.17, 15) is 21.9 Å². The molecule has 5 N–H and O–H groups in total. The first-order valence-corrected chi connectivity index (χ1v) is 20.0. The van der Waals surface area contributed by atoms with Crippen molar-refractivity contribution in [2.24, 2.45) is 0 Å². The molecule has 7 nitrogen and oxygen atoms in total. The lowest BCUT2D eigenvalue weighted by Gasteiger charge is -2.24. The van der Waals surface area contributed by atoms with E-state index in [0.29, 0.717) is 48.2 Å². The zero-order chi connectivity index (χ0) is 33.7. The zero-order valence-electron chi connectivity index (χ0n) is 27.9. The third-order valence-electron chi connectivity index (χ3n) is 8.88. The molecule has 2 unspecified atom stereocenters. The van der Waals surface area contributed by atoms with Crippen LogP contribution in [0.15, 0.2) is 70.5 Å². The third-order valence-corrected chi connectivity index (χ3v) is 13.2. The van der Waals surface area contributed by atoms with Gasteiger partial charge in [-0.05, 0) is 85.5 Å². The summed E-state index contributed by atoms with van der Waals surface area (Å²) >= 11 is 0. The predicted octanol–water partition coefficient (Wildman–Crippen LogP) is 9.40. The topological polar surface area (TPSA) is 141 Å². The first-order chi connectivity index (χ1) is 21.9. The molecular weight excluding hydrogens is 617 g/mol. The number of phenolic OH excluding ortho intramolecular Hbond substituents is 1. The maximum absolute atomic E-state index is 14.2. The minimum absolute atomic E-state index is 0.109. The van der Waals surface area contributed by atoms with Crippen LogP contribution < -0.4 is 11.5 Å². The van der Waals surface area contributed by atoms with Gasteiger partial charge in [0.05, 0.1) is 20.3 Å². The molecule has 254 valence electrons. The second-order valence-electron chi connectivity index (χ2n) is 12.6. The fourth-order valence-electron chi connectivity index (χ4n) is 6.11. The van der Waals surface area contributed by atoms with Crippen molar-refractivity contribution in [1.29, 1.82) is 0 Å². The lowest BCUT2D eigenvalue weighted by atomic mass is 9.96. The highest BCUT2D eigenvalue weighted by molar-refractivity contribution is 7.92. The van der Waals surface area contributed by atoms with Gasteiger partial charge in [-0.15, -0.1) is 0 Å². The monoisotopic (exact) mass is 670 g/mol. The van der Waals surface area contributed by atoms with Crippen LogP contribution in [0.3, 0.4) is 0 Å². The number of anilines is 2. The van der Waals surface area contributed by atoms with Crippen molar-refractivity contribution >= 4 is 31.0 Å². The van der Waals surface area contributed by atoms with Crippen LogP contribution in [0.1, 0.15) is 131 Å². The molecule has 9 heteroatoms. The molecule has 0 radical (unpaired) electrons. The first-order valence-electron chi connectivity index (χ1n) is 17.0. The van der Waals surface area contributed by atoms with Gasteiger partial charge < -0.3 is 16.6 Å². The number of phenols is 1. The van der Waals surface area contributed by atoms with Gasteiger partial charge >= 0.3 is 0 Å². The van der Waals surface area contributed by atoms with Crippen LogP contribution in [-0.2, 0) is 19.7 Å². The van der Waals surface area contributed by atoms with Crippen molar-refractivity contribution in [2.45, 2.75) is 131 Å². The van der Waals surface area contributed by atoms with Gasteiger partial charge in [-0.3, -0.25) is 0 Å². The van der Waals surface area contributed by atoms with E-state index in [0.717, 1.165) is 64.2 Å². The summed E-state index contributed by atoms with van der Waals surface area (Å²) < 4.78 is 56.8. The molecule has 0 amide bonds. The van der Waals surface area contributed by atoms with Gasteiger partial charge in [0.15, 0.2) is 19.7 Å². The molecule has 3 aromatic rings. The summed E-state index contributed by atoms with van der Waals surface area (Å²) in [6.45, 7) is 6.02. The third kappa shape index (κ3) is 9.98. The predicted molar refractivity (Wildman–Crippen MR) is 190 cm³/mol. The molecular formula is C37H54N2O5S2. The molecule has 2 atom stereocenters. The van der Waals surface area contributed by atoms with Crippen LogP contribution in [0, 0.1) is 6.92 Å². The number of sulfone groups is 2. The van der Waals surface area contributed by atoms with Gasteiger partial charge in [-0.2, -0.15) is 0 Å². The molecule has 0 saturated heterocycles. The highest BCUT2D eigenvalue weighted by Gasteiger charge is 2.35. The Hall–Kier alpha value is -3.04. The summed E-state index contributed by atoms with van der Waals surface area (Å²) in [5.74, 6) is -0.109. The molecule has 0 heterocycles. The molecule has 0 saturated carbocycles. The van der Waals surface area contributed by atoms with Gasteiger partial charge in [0.25, 0.3) is 0 Å². The summed E-state index contributed by atoms with van der Waals surface area (Å²) in [6, 6.07) is 15.7. The summed E-state index contributed by atoms with van der Waals surface area (Å²) in [4.78, 5) is 0.293. The lowest BCUT2D eigenvalue weighted by molar-refractivity contribution is 0.457. The quantitative estimate of drug-likeness (QED) is 0.0803. The smallest absolute Gasteiger partial charge is 0.185 e. The molecule has 0 aromatic heterocycles. The molecule has 3 rings (SSSR count). The van der Waals surface area contributed by atoms with Crippen molar-refractivity contribution in [1.82, 2.24) is 0 Å². The Kier molecular flexibility index (Phi) is 14.4. The van der Waals surface area contributed by atoms with Crippen LogP contribution in [0.4, 0.5) is 11.4 Å². The molecule has 3 aromatic carbocycles. The van der Waals surface area contributed by atoms with Gasteiger partial charge in [0.2, 0.25) is 0 Å². The molecule has 0 aliphatic heterocycles. The highest BCUT2D eigenvalue weighted by atomic mass is 32.2. The minimum atomic E-state index is -3.95. The van der Waals surface area contributed by atoms with E-state index in [1.54, 1.807) is 43.3 Å². The maximum Gasteiger partial charge on any atom is 0.185 e. The average Bonchev–Trinajstić information content (AvgIpc) is 3.02. The standard InChI is InChI=1S/C37H54N2O5S2/c1-4-6-8-10-12-14-16-35(45(41,42)32-22-18-30(38)19-23-32)29-26-28(3)37(40)34(27-29)36(17-15-13-11-9-7-5-2)46(43,44)33-24-20-31(39)21-25-33/h18-27,35-36,40H,4-17,38-39H2,1-3H3. The molecule has 0 bridgehead atoms. The van der Waals surface area contributed by atoms with E-state index < -0.39 is 30.2 Å². The van der Waals surface area contributed by atoms with Gasteiger partial charge in [-0.1, -0.05) is 97.0 Å². The van der Waals surface area contributed by atoms with Crippen LogP contribution in [0.25, 0.3) is 0 Å². The number of aromatic hydroxyl groups is 1. The van der Waals surface area contributed by atoms with Crippen LogP contribution in [0.5, 0.6) is 5.75 Å². The van der Waals surface area contributed by atoms with Crippen molar-refractivity contribution in [2.75, 3.05) is 11.5 Å². The second kappa shape index (κ2) is 17.8. The van der Waals surface area contributed by atoms with Crippen molar-refractivity contribution in [3.8, 4) is 5.75 Å². The van der Waals surface area contributed by atoms with Crippen molar-refractivity contribution in [3.05, 3.63) is 77.4 Å². The van der Waals surface area contributed by atoms with Crippen LogP contribution >= 0.6 is 0 Å². The number of benzene rings is 3. The van der Waals surface area contributed by atoms with Gasteiger partial charge in [0, 0.05) is 16.9 Å². The fourth-order valence-corrected chi connectivity index (χ4v) is 9.76. The second-order valence-corrected chi connectivity index (χ2v) is 16.9. The summed E-state index contributed by atoms with van der Waals surface area (Å²) in [5, 5.41) is 9.45. The number of unbranched alkanes of at least 4 members (excludes halogenated alkanes) is 10. The van der Waals surface area contributed by atoms with Gasteiger partial charge in [0.1, 0.15) is 5.75 Å². The summed E-state index contributed by atoms with van der Waals surface area (Å²) in [6.07, 6.45) is 12.6. The Balaban J connectivity index is 2.09. The largest absolute Gasteiger partial charge is 0.507 e. The lowest BCUT2D eigenvalue weighted by Crippen LogP contribution is -2.18. The first kappa shape index (κ1) is 37.4. The van der Waals surface area contributed by atoms with E-state index in [2.05, 4.69) is 13.8 Å². The van der Waals surface area contributed by atoms with E-state index >= 15 is 0 Å². The SMILES string of the molecule is CCCCCCCCC(c1cc(C)c(O)c(C(CCCCCCCC)S(=O)(=O)c2ccc(N)cc2)c1)S(=O)(=O)c1ccc(N)cc1. The number of rotatable bonds is 20. The molecule has 0 fully saturated rings. The number of hydrogen-bond acceptors (Lipinski definition) is 7. The number of nitrogen functional groups attached to an aromatic ring is 2. The zero-order valence-corrected chi connectivity index (χ0v) is 29.5. The van der Waals surface area contributed by atoms with Crippen molar-refractivity contribution in [3.63, 3.8) is 0 Å². The highest BCUT2D eigenvalue weighted by Crippen LogP contribution is 2.43. The minimum Gasteiger partial charge on any atom is -0.507 e. The molecule has 46 heavy (non-hydrogen) atoms. The average molecular weight is 671 g/mol. The number of hydrogen-bond donors (Lipinski definition) is 3. The molecule has 0 aliphatic rings. The Labute approximate surface area is 277 Å². The Morgan fingerprint density at radius 2 is 0.978 bits per heavy atom. The molecule has 0 aliphatic carbocycles. The van der Waals surface area contributed by atoms with E-state index in [1.165, 1.54) is 24.3 Å². The van der Waals surface area contributed by atoms with E-state index in [1.807, 2.05) is 0 Å². The Morgan fingerprint density at radius 3 is 1.43 bits per heavy atom. The summed E-state index contributed by atoms with van der Waals surface area (Å²) in [5.41, 5.74) is 13.9. The number of aryl methyl sites for hydroxylation is 1. The Bertz CT molecular complexity index is 1590. The normalized spacial score (nSPS) is 13.5. The van der Waals surface area contributed by atoms with Gasteiger partial charge in [-0.25, -0.2) is 16.8 Å². The van der Waals surface area contributed by atoms with E-state index in [4.69, 9.17) is 11.5 Å². The van der Waals surface area contributed by atoms with Crippen molar-refractivity contribution < 1.29 is 21.9 Å². The number of nitrogens with two attached hydrogens (primary N) is 2. The fraction of sp³-hybridized carbons (Fsp3) is 0.514. The summed E-state index contributed by atoms with van der Waals surface area (Å²) in [7, 11) is -7.81. The molecule has 0 spiro atoms. The van der Waals surface area contributed by atoms with Crippen LogP contribution in [-0.4, -0.2) is 21.9 Å². The van der Waals surface area contributed by atoms with E-state index in [-0.39, 0.29) is 21.1 Å². The Morgan fingerprint density at radius 1 is 0.587 bits per heavy atom. The van der Waals surface area contributed by atoms with Crippen LogP contribution in [0.2, 0.25) is 0 Å².